The van der Waals surface area contributed by atoms with E-state index in [4.69, 9.17) is 14.4 Å². The molecule has 1 aliphatic rings. The van der Waals surface area contributed by atoms with Crippen LogP contribution in [0, 0.1) is 0 Å². The molecule has 0 bridgehead atoms. The predicted octanol–water partition coefficient (Wildman–Crippen LogP) is 11.5. The lowest BCUT2D eigenvalue weighted by molar-refractivity contribution is 0.669. The topological polar surface area (TPSA) is 43.9 Å². The molecule has 3 heterocycles. The van der Waals surface area contributed by atoms with E-state index in [2.05, 4.69) is 162 Å². The average molecular weight is 652 g/mol. The van der Waals surface area contributed by atoms with E-state index in [0.29, 0.717) is 5.95 Å². The Morgan fingerprint density at radius 1 is 0.451 bits per heavy atom. The fourth-order valence-electron chi connectivity index (χ4n) is 8.65. The van der Waals surface area contributed by atoms with Crippen LogP contribution in [0.4, 0.5) is 0 Å². The van der Waals surface area contributed by atoms with E-state index >= 15 is 0 Å². The Morgan fingerprint density at radius 2 is 1.00 bits per heavy atom. The number of furan rings is 1. The Bertz CT molecular complexity index is 2890. The molecule has 0 aliphatic heterocycles. The zero-order chi connectivity index (χ0) is 33.5. The number of rotatable bonds is 4. The lowest BCUT2D eigenvalue weighted by atomic mass is 9.69. The molecule has 0 saturated carbocycles. The summed E-state index contributed by atoms with van der Waals surface area (Å²) in [6, 6.07) is 62.3. The number of nitrogens with zero attached hydrogens (tertiary/aromatic N) is 3. The van der Waals surface area contributed by atoms with Crippen molar-refractivity contribution < 1.29 is 4.42 Å². The molecule has 0 unspecified atom stereocenters. The van der Waals surface area contributed by atoms with Gasteiger partial charge in [-0.05, 0) is 58.1 Å². The molecule has 4 nitrogen and oxygen atoms in total. The van der Waals surface area contributed by atoms with Gasteiger partial charge >= 0.3 is 0 Å². The van der Waals surface area contributed by atoms with Gasteiger partial charge in [-0.1, -0.05) is 146 Å². The first-order valence-electron chi connectivity index (χ1n) is 17.3. The third-order valence-electron chi connectivity index (χ3n) is 10.7. The van der Waals surface area contributed by atoms with Gasteiger partial charge in [-0.2, -0.15) is 0 Å². The maximum atomic E-state index is 6.40. The predicted molar refractivity (Wildman–Crippen MR) is 206 cm³/mol. The molecule has 238 valence electrons. The molecule has 0 atom stereocenters. The van der Waals surface area contributed by atoms with Crippen molar-refractivity contribution in [2.75, 3.05) is 0 Å². The maximum absolute atomic E-state index is 6.40. The average Bonchev–Trinajstić information content (AvgIpc) is 3.85. The Kier molecular flexibility index (Phi) is 5.84. The molecule has 0 N–H and O–H groups in total. The second kappa shape index (κ2) is 10.6. The SMILES string of the molecule is c1ccc(C2(c3cc(-c4cccc5oc6ccccc6c45)nc(-n4c5ccccc5c5ccccc54)n3)c3ccccc3-c3ccccc32)cc1. The number of benzene rings is 7. The molecule has 3 aromatic heterocycles. The van der Waals surface area contributed by atoms with Crippen molar-refractivity contribution in [3.8, 4) is 28.3 Å². The van der Waals surface area contributed by atoms with Crippen molar-refractivity contribution in [1.29, 1.82) is 0 Å². The minimum atomic E-state index is -0.702. The van der Waals surface area contributed by atoms with Crippen molar-refractivity contribution >= 4 is 43.7 Å². The van der Waals surface area contributed by atoms with Gasteiger partial charge in [0, 0.05) is 27.1 Å². The minimum absolute atomic E-state index is 0.627. The first kappa shape index (κ1) is 28.1. The minimum Gasteiger partial charge on any atom is -0.456 e. The summed E-state index contributed by atoms with van der Waals surface area (Å²) >= 11 is 0. The third-order valence-corrected chi connectivity index (χ3v) is 10.7. The highest BCUT2D eigenvalue weighted by atomic mass is 16.3. The fraction of sp³-hybridized carbons (Fsp3) is 0.0213. The van der Waals surface area contributed by atoms with E-state index in [1.165, 1.54) is 33.0 Å². The number of hydrogen-bond acceptors (Lipinski definition) is 3. The van der Waals surface area contributed by atoms with Gasteiger partial charge in [-0.3, -0.25) is 4.57 Å². The molecule has 0 fully saturated rings. The Labute approximate surface area is 293 Å². The summed E-state index contributed by atoms with van der Waals surface area (Å²) in [5.41, 5.74) is 11.9. The van der Waals surface area contributed by atoms with E-state index < -0.39 is 5.41 Å². The Morgan fingerprint density at radius 3 is 1.71 bits per heavy atom. The van der Waals surface area contributed by atoms with Gasteiger partial charge in [-0.25, -0.2) is 9.97 Å². The molecular weight excluding hydrogens is 623 g/mol. The summed E-state index contributed by atoms with van der Waals surface area (Å²) in [5, 5.41) is 4.45. The fourth-order valence-corrected chi connectivity index (χ4v) is 8.65. The molecule has 0 spiro atoms. The van der Waals surface area contributed by atoms with Gasteiger partial charge in [0.05, 0.1) is 27.8 Å². The Hall–Kier alpha value is -6.78. The second-order valence-corrected chi connectivity index (χ2v) is 13.3. The maximum Gasteiger partial charge on any atom is 0.235 e. The summed E-state index contributed by atoms with van der Waals surface area (Å²) in [4.78, 5) is 11.2. The van der Waals surface area contributed by atoms with E-state index in [1.54, 1.807) is 0 Å². The van der Waals surface area contributed by atoms with Gasteiger partial charge in [0.2, 0.25) is 5.95 Å². The number of fused-ring (bicyclic) bond motifs is 9. The second-order valence-electron chi connectivity index (χ2n) is 13.3. The highest BCUT2D eigenvalue weighted by Gasteiger charge is 2.47. The summed E-state index contributed by atoms with van der Waals surface area (Å²) in [7, 11) is 0. The van der Waals surface area contributed by atoms with Gasteiger partial charge < -0.3 is 4.42 Å². The van der Waals surface area contributed by atoms with E-state index in [1.807, 2.05) is 18.2 Å². The van der Waals surface area contributed by atoms with Crippen LogP contribution in [0.15, 0.2) is 180 Å². The molecule has 10 aromatic rings. The van der Waals surface area contributed by atoms with Crippen molar-refractivity contribution in [2.45, 2.75) is 5.41 Å². The van der Waals surface area contributed by atoms with Crippen LogP contribution in [0.1, 0.15) is 22.4 Å². The van der Waals surface area contributed by atoms with E-state index in [9.17, 15) is 0 Å². The number of para-hydroxylation sites is 3. The van der Waals surface area contributed by atoms with Gasteiger partial charge in [-0.15, -0.1) is 0 Å². The quantitative estimate of drug-likeness (QED) is 0.190. The smallest absolute Gasteiger partial charge is 0.235 e. The van der Waals surface area contributed by atoms with Crippen LogP contribution < -0.4 is 0 Å². The molecule has 0 amide bonds. The first-order chi connectivity index (χ1) is 25.3. The largest absolute Gasteiger partial charge is 0.456 e. The van der Waals surface area contributed by atoms with Crippen molar-refractivity contribution in [3.63, 3.8) is 0 Å². The van der Waals surface area contributed by atoms with Crippen LogP contribution in [0.3, 0.4) is 0 Å². The lowest BCUT2D eigenvalue weighted by Gasteiger charge is -2.33. The zero-order valence-electron chi connectivity index (χ0n) is 27.5. The van der Waals surface area contributed by atoms with Crippen LogP contribution in [0.5, 0.6) is 0 Å². The summed E-state index contributed by atoms with van der Waals surface area (Å²) < 4.78 is 8.63. The molecule has 11 rings (SSSR count). The Balaban J connectivity index is 1.32. The monoisotopic (exact) mass is 651 g/mol. The van der Waals surface area contributed by atoms with Crippen molar-refractivity contribution in [2.24, 2.45) is 0 Å². The van der Waals surface area contributed by atoms with Crippen LogP contribution in [-0.4, -0.2) is 14.5 Å². The number of hydrogen-bond donors (Lipinski definition) is 0. The normalized spacial score (nSPS) is 13.3. The molecule has 7 aromatic carbocycles. The van der Waals surface area contributed by atoms with Crippen LogP contribution in [0.25, 0.3) is 72.1 Å². The third kappa shape index (κ3) is 3.84. The van der Waals surface area contributed by atoms with E-state index in [0.717, 1.165) is 55.5 Å². The van der Waals surface area contributed by atoms with Crippen LogP contribution in [-0.2, 0) is 5.41 Å². The standard InChI is InChI=1S/C47H29N3O/c1-2-15-30(16-3-1)47(37-23-9-4-17-31(37)32-18-5-10-24-38(32)47)44-29-39(35-22-14-28-43-45(35)36-21-8-13-27-42(36)51-43)48-46(49-44)50-40-25-11-6-19-33(40)34-20-7-12-26-41(34)50/h1-29H. The molecule has 1 aliphatic carbocycles. The molecular formula is C47H29N3O. The molecule has 4 heteroatoms. The van der Waals surface area contributed by atoms with Gasteiger partial charge in [0.25, 0.3) is 0 Å². The summed E-state index contributed by atoms with van der Waals surface area (Å²) in [5.74, 6) is 0.627. The van der Waals surface area contributed by atoms with Crippen LogP contribution in [0.2, 0.25) is 0 Å². The molecule has 0 radical (unpaired) electrons. The van der Waals surface area contributed by atoms with Gasteiger partial charge in [0.1, 0.15) is 11.2 Å². The summed E-state index contributed by atoms with van der Waals surface area (Å²) in [6.07, 6.45) is 0. The highest BCUT2D eigenvalue weighted by Crippen LogP contribution is 2.56. The molecule has 51 heavy (non-hydrogen) atoms. The van der Waals surface area contributed by atoms with Crippen molar-refractivity contribution in [1.82, 2.24) is 14.5 Å². The van der Waals surface area contributed by atoms with Gasteiger partial charge in [0.15, 0.2) is 0 Å². The first-order valence-corrected chi connectivity index (χ1v) is 17.3. The highest BCUT2D eigenvalue weighted by molar-refractivity contribution is 6.12. The van der Waals surface area contributed by atoms with Crippen molar-refractivity contribution in [3.05, 3.63) is 198 Å². The van der Waals surface area contributed by atoms with Crippen LogP contribution >= 0.6 is 0 Å². The lowest BCUT2D eigenvalue weighted by Crippen LogP contribution is -2.30. The number of aromatic nitrogens is 3. The van der Waals surface area contributed by atoms with E-state index in [-0.39, 0.29) is 0 Å². The summed E-state index contributed by atoms with van der Waals surface area (Å²) in [6.45, 7) is 0. The zero-order valence-corrected chi connectivity index (χ0v) is 27.5. The molecule has 0 saturated heterocycles.